The van der Waals surface area contributed by atoms with Crippen molar-refractivity contribution in [2.24, 2.45) is 5.73 Å². The number of nitrogens with zero attached hydrogens (tertiary/aromatic N) is 1. The van der Waals surface area contributed by atoms with Gasteiger partial charge in [0.25, 0.3) is 11.5 Å². The highest BCUT2D eigenvalue weighted by Gasteiger charge is 2.45. The summed E-state index contributed by atoms with van der Waals surface area (Å²) in [5.41, 5.74) is 5.99. The molecule has 3 unspecified atom stereocenters. The number of thiophene rings is 1. The van der Waals surface area contributed by atoms with E-state index in [1.54, 1.807) is 24.5 Å². The number of aromatic amines is 1. The SMILES string of the molecule is CC1=c2c(=O)[nH]c(=O)n(C3CC3)c2=C(C)C(c2cc3c(s2)CCC(F)(F)C3CN)C1F. The fourth-order valence-corrected chi connectivity index (χ4v) is 6.60. The zero-order chi connectivity index (χ0) is 22.2. The molecule has 31 heavy (non-hydrogen) atoms. The summed E-state index contributed by atoms with van der Waals surface area (Å²) >= 11 is 1.35. The third-order valence-corrected chi connectivity index (χ3v) is 8.26. The van der Waals surface area contributed by atoms with Gasteiger partial charge in [-0.3, -0.25) is 14.3 Å². The van der Waals surface area contributed by atoms with Crippen molar-refractivity contribution in [3.8, 4) is 0 Å². The Morgan fingerprint density at radius 2 is 1.97 bits per heavy atom. The van der Waals surface area contributed by atoms with Crippen molar-refractivity contribution in [2.45, 2.75) is 69.5 Å². The van der Waals surface area contributed by atoms with Crippen LogP contribution < -0.4 is 27.6 Å². The van der Waals surface area contributed by atoms with Gasteiger partial charge in [-0.15, -0.1) is 11.3 Å². The topological polar surface area (TPSA) is 80.9 Å². The maximum atomic E-state index is 15.7. The molecule has 166 valence electrons. The van der Waals surface area contributed by atoms with Crippen LogP contribution in [0, 0.1) is 0 Å². The smallest absolute Gasteiger partial charge is 0.329 e. The van der Waals surface area contributed by atoms with Gasteiger partial charge in [0.05, 0.1) is 22.4 Å². The first-order chi connectivity index (χ1) is 14.7. The van der Waals surface area contributed by atoms with E-state index in [9.17, 15) is 18.4 Å². The number of aromatic nitrogens is 2. The Morgan fingerprint density at radius 3 is 2.61 bits per heavy atom. The molecule has 5 nitrogen and oxygen atoms in total. The number of halogens is 3. The molecule has 0 spiro atoms. The van der Waals surface area contributed by atoms with Crippen LogP contribution >= 0.6 is 11.3 Å². The van der Waals surface area contributed by atoms with Crippen LogP contribution in [0.5, 0.6) is 0 Å². The molecule has 0 aliphatic heterocycles. The number of fused-ring (bicyclic) bond motifs is 2. The average molecular weight is 452 g/mol. The van der Waals surface area contributed by atoms with E-state index in [2.05, 4.69) is 4.98 Å². The first-order valence-electron chi connectivity index (χ1n) is 10.6. The maximum absolute atomic E-state index is 15.7. The van der Waals surface area contributed by atoms with E-state index in [-0.39, 0.29) is 36.2 Å². The monoisotopic (exact) mass is 451 g/mol. The molecule has 3 aliphatic carbocycles. The number of rotatable bonds is 3. The average Bonchev–Trinajstić information content (AvgIpc) is 3.44. The van der Waals surface area contributed by atoms with Crippen molar-refractivity contribution in [3.05, 3.63) is 52.8 Å². The first-order valence-corrected chi connectivity index (χ1v) is 11.4. The van der Waals surface area contributed by atoms with Gasteiger partial charge in [0.2, 0.25) is 0 Å². The van der Waals surface area contributed by atoms with Gasteiger partial charge in [-0.2, -0.15) is 0 Å². The molecule has 3 N–H and O–H groups in total. The summed E-state index contributed by atoms with van der Waals surface area (Å²) in [6, 6.07) is 1.67. The van der Waals surface area contributed by atoms with Crippen molar-refractivity contribution in [3.63, 3.8) is 0 Å². The third-order valence-electron chi connectivity index (χ3n) is 6.97. The van der Waals surface area contributed by atoms with Crippen LogP contribution in [-0.2, 0) is 6.42 Å². The summed E-state index contributed by atoms with van der Waals surface area (Å²) in [7, 11) is 0. The molecule has 1 saturated carbocycles. The molecular weight excluding hydrogens is 427 g/mol. The summed E-state index contributed by atoms with van der Waals surface area (Å²) in [5, 5.41) is 0.708. The van der Waals surface area contributed by atoms with Crippen molar-refractivity contribution in [2.75, 3.05) is 6.54 Å². The Labute approximate surface area is 180 Å². The normalized spacial score (nSPS) is 27.2. The molecule has 2 aromatic rings. The predicted octanol–water partition coefficient (Wildman–Crippen LogP) is 2.03. The Morgan fingerprint density at radius 1 is 1.26 bits per heavy atom. The Hall–Kier alpha value is -2.13. The van der Waals surface area contributed by atoms with Gasteiger partial charge in [0.15, 0.2) is 0 Å². The van der Waals surface area contributed by atoms with E-state index in [1.165, 1.54) is 11.3 Å². The van der Waals surface area contributed by atoms with E-state index in [0.29, 0.717) is 21.4 Å². The number of hydrogen-bond acceptors (Lipinski definition) is 4. The van der Waals surface area contributed by atoms with E-state index >= 15 is 4.39 Å². The summed E-state index contributed by atoms with van der Waals surface area (Å²) in [5.74, 6) is -4.68. The molecule has 0 aromatic carbocycles. The Balaban J connectivity index is 1.75. The largest absolute Gasteiger partial charge is 0.330 e. The summed E-state index contributed by atoms with van der Waals surface area (Å²) in [6.45, 7) is 3.14. The van der Waals surface area contributed by atoms with Crippen molar-refractivity contribution >= 4 is 22.5 Å². The molecule has 9 heteroatoms. The Kier molecular flexibility index (Phi) is 4.64. The van der Waals surface area contributed by atoms with Crippen LogP contribution in [0.4, 0.5) is 13.2 Å². The molecule has 0 saturated heterocycles. The van der Waals surface area contributed by atoms with Crippen molar-refractivity contribution < 1.29 is 13.2 Å². The number of aryl methyl sites for hydroxylation is 1. The van der Waals surface area contributed by atoms with Gasteiger partial charge in [0, 0.05) is 28.8 Å². The van der Waals surface area contributed by atoms with Crippen molar-refractivity contribution in [1.29, 1.82) is 0 Å². The standard InChI is InChI=1S/C22H24F3N3O2S/c1-9-17-19(28(11-3-4-11)21(30)27-20(17)29)10(2)16(18(9)23)15-7-12-13(8-26)22(24,25)6-5-14(12)31-15/h7,11,13,16,18H,3-6,8,26H2,1-2H3,(H,27,29,30). The lowest BCUT2D eigenvalue weighted by atomic mass is 9.81. The molecule has 3 aliphatic rings. The first kappa shape index (κ1) is 20.8. The highest BCUT2D eigenvalue weighted by molar-refractivity contribution is 7.12. The molecular formula is C22H24F3N3O2S. The van der Waals surface area contributed by atoms with Gasteiger partial charge in [-0.05, 0) is 55.9 Å². The minimum Gasteiger partial charge on any atom is -0.330 e. The number of H-pyrrole nitrogens is 1. The third kappa shape index (κ3) is 3.00. The van der Waals surface area contributed by atoms with Gasteiger partial charge >= 0.3 is 5.69 Å². The maximum Gasteiger partial charge on any atom is 0.329 e. The molecule has 0 amide bonds. The second-order valence-electron chi connectivity index (χ2n) is 8.91. The second-order valence-corrected chi connectivity index (χ2v) is 10.1. The quantitative estimate of drug-likeness (QED) is 0.750. The van der Waals surface area contributed by atoms with Crippen LogP contribution in [0.1, 0.15) is 66.3 Å². The van der Waals surface area contributed by atoms with Crippen LogP contribution in [-0.4, -0.2) is 28.2 Å². The molecule has 1 fully saturated rings. The minimum absolute atomic E-state index is 0.00508. The molecule has 2 heterocycles. The van der Waals surface area contributed by atoms with Gasteiger partial charge in [-0.1, -0.05) is 0 Å². The fourth-order valence-electron chi connectivity index (χ4n) is 5.19. The van der Waals surface area contributed by atoms with E-state index in [4.69, 9.17) is 5.73 Å². The molecule has 0 radical (unpaired) electrons. The Bertz CT molecular complexity index is 1320. The highest BCUT2D eigenvalue weighted by atomic mass is 32.1. The minimum atomic E-state index is -2.88. The second kappa shape index (κ2) is 6.93. The molecule has 5 rings (SSSR count). The molecule has 2 aromatic heterocycles. The lowest BCUT2D eigenvalue weighted by molar-refractivity contribution is -0.0381. The van der Waals surface area contributed by atoms with E-state index < -0.39 is 35.2 Å². The lowest BCUT2D eigenvalue weighted by Gasteiger charge is -2.30. The number of nitrogens with two attached hydrogens (primary N) is 1. The number of hydrogen-bond donors (Lipinski definition) is 2. The van der Waals surface area contributed by atoms with Crippen LogP contribution in [0.2, 0.25) is 0 Å². The summed E-state index contributed by atoms with van der Waals surface area (Å²) < 4.78 is 46.1. The zero-order valence-electron chi connectivity index (χ0n) is 17.3. The van der Waals surface area contributed by atoms with Gasteiger partial charge in [0.1, 0.15) is 6.17 Å². The highest BCUT2D eigenvalue weighted by Crippen LogP contribution is 2.48. The van der Waals surface area contributed by atoms with Gasteiger partial charge < -0.3 is 5.73 Å². The zero-order valence-corrected chi connectivity index (χ0v) is 18.1. The molecule has 0 bridgehead atoms. The van der Waals surface area contributed by atoms with E-state index in [1.807, 2.05) is 0 Å². The van der Waals surface area contributed by atoms with Gasteiger partial charge in [-0.25, -0.2) is 18.0 Å². The number of alkyl halides is 3. The lowest BCUT2D eigenvalue weighted by Crippen LogP contribution is -2.58. The van der Waals surface area contributed by atoms with Crippen LogP contribution in [0.15, 0.2) is 15.7 Å². The summed E-state index contributed by atoms with van der Waals surface area (Å²) in [6.07, 6.45) is 0.150. The number of nitrogens with one attached hydrogen (secondary N) is 1. The van der Waals surface area contributed by atoms with E-state index in [0.717, 1.165) is 17.7 Å². The summed E-state index contributed by atoms with van der Waals surface area (Å²) in [4.78, 5) is 29.0. The van der Waals surface area contributed by atoms with Crippen molar-refractivity contribution in [1.82, 2.24) is 9.55 Å². The fraction of sp³-hybridized carbons (Fsp3) is 0.545. The van der Waals surface area contributed by atoms with Crippen LogP contribution in [0.3, 0.4) is 0 Å². The van der Waals surface area contributed by atoms with Crippen LogP contribution in [0.25, 0.3) is 11.1 Å². The predicted molar refractivity (Wildman–Crippen MR) is 114 cm³/mol. The molecule has 3 atom stereocenters.